The van der Waals surface area contributed by atoms with Gasteiger partial charge in [-0.25, -0.2) is 9.48 Å². The zero-order valence-electron chi connectivity index (χ0n) is 9.57. The van der Waals surface area contributed by atoms with Gasteiger partial charge >= 0.3 is 5.97 Å². The van der Waals surface area contributed by atoms with Gasteiger partial charge in [0.25, 0.3) is 5.78 Å². The number of rotatable bonds is 5. The van der Waals surface area contributed by atoms with E-state index in [9.17, 15) is 9.59 Å². The van der Waals surface area contributed by atoms with Gasteiger partial charge in [-0.3, -0.25) is 4.79 Å². The lowest BCUT2D eigenvalue weighted by Gasteiger charge is -1.97. The molecule has 0 aliphatic rings. The van der Waals surface area contributed by atoms with Crippen LogP contribution in [0.1, 0.15) is 21.5 Å². The van der Waals surface area contributed by atoms with Crippen LogP contribution in [0.4, 0.5) is 0 Å². The van der Waals surface area contributed by atoms with E-state index in [1.54, 1.807) is 19.1 Å². The zero-order valence-corrected chi connectivity index (χ0v) is 10.4. The molecule has 0 fully saturated rings. The SMILES string of the molecule is CCOC(=O)C(=O)c1ccc(Cn2cnnn2)s1. The van der Waals surface area contributed by atoms with Gasteiger partial charge in [0.15, 0.2) is 0 Å². The molecule has 2 aromatic rings. The number of ether oxygens (including phenoxy) is 1. The summed E-state index contributed by atoms with van der Waals surface area (Å²) in [6.07, 6.45) is 1.48. The molecule has 2 heterocycles. The lowest BCUT2D eigenvalue weighted by Crippen LogP contribution is -2.16. The number of esters is 1. The highest BCUT2D eigenvalue weighted by Crippen LogP contribution is 2.18. The molecule has 94 valence electrons. The molecular weight excluding hydrogens is 256 g/mol. The monoisotopic (exact) mass is 266 g/mol. The van der Waals surface area contributed by atoms with E-state index >= 15 is 0 Å². The van der Waals surface area contributed by atoms with E-state index in [2.05, 4.69) is 20.3 Å². The highest BCUT2D eigenvalue weighted by Gasteiger charge is 2.19. The van der Waals surface area contributed by atoms with Gasteiger partial charge in [-0.2, -0.15) is 0 Å². The topological polar surface area (TPSA) is 87.0 Å². The van der Waals surface area contributed by atoms with Crippen LogP contribution in [0.5, 0.6) is 0 Å². The quantitative estimate of drug-likeness (QED) is 0.445. The Bertz CT molecular complexity index is 549. The number of tetrazole rings is 1. The molecule has 0 aliphatic carbocycles. The molecule has 0 N–H and O–H groups in total. The summed E-state index contributed by atoms with van der Waals surface area (Å²) in [7, 11) is 0. The van der Waals surface area contributed by atoms with Crippen molar-refractivity contribution in [3.63, 3.8) is 0 Å². The fourth-order valence-electron chi connectivity index (χ4n) is 1.29. The number of Topliss-reactive ketones (excluding diaryl/α,β-unsaturated/α-hetero) is 1. The van der Waals surface area contributed by atoms with Crippen LogP contribution in [-0.2, 0) is 16.1 Å². The van der Waals surface area contributed by atoms with Gasteiger partial charge in [0.05, 0.1) is 18.0 Å². The Hall–Kier alpha value is -2.09. The molecule has 0 aliphatic heterocycles. The summed E-state index contributed by atoms with van der Waals surface area (Å²) in [4.78, 5) is 24.1. The van der Waals surface area contributed by atoms with Gasteiger partial charge in [0.1, 0.15) is 6.33 Å². The summed E-state index contributed by atoms with van der Waals surface area (Å²) in [6, 6.07) is 3.36. The minimum absolute atomic E-state index is 0.188. The predicted octanol–water partition coefficient (Wildman–Crippen LogP) is 0.529. The van der Waals surface area contributed by atoms with Crippen LogP contribution in [0.3, 0.4) is 0 Å². The molecule has 7 nitrogen and oxygen atoms in total. The van der Waals surface area contributed by atoms with Crippen molar-refractivity contribution in [2.75, 3.05) is 6.61 Å². The second kappa shape index (κ2) is 5.50. The van der Waals surface area contributed by atoms with E-state index in [-0.39, 0.29) is 6.61 Å². The Labute approximate surface area is 106 Å². The van der Waals surface area contributed by atoms with Crippen LogP contribution in [-0.4, -0.2) is 38.6 Å². The third-order valence-electron chi connectivity index (χ3n) is 2.06. The van der Waals surface area contributed by atoms with E-state index in [4.69, 9.17) is 0 Å². The zero-order chi connectivity index (χ0) is 13.0. The second-order valence-corrected chi connectivity index (χ2v) is 4.49. The maximum atomic E-state index is 11.6. The summed E-state index contributed by atoms with van der Waals surface area (Å²) in [5.74, 6) is -1.45. The minimum Gasteiger partial charge on any atom is -0.460 e. The summed E-state index contributed by atoms with van der Waals surface area (Å²) in [6.45, 7) is 2.31. The first-order valence-electron chi connectivity index (χ1n) is 5.21. The van der Waals surface area contributed by atoms with Gasteiger partial charge in [-0.15, -0.1) is 16.4 Å². The summed E-state index contributed by atoms with van der Waals surface area (Å²) < 4.78 is 6.19. The van der Waals surface area contributed by atoms with E-state index in [1.807, 2.05) is 0 Å². The number of hydrogen-bond acceptors (Lipinski definition) is 7. The van der Waals surface area contributed by atoms with Gasteiger partial charge in [-0.1, -0.05) is 0 Å². The number of carbonyl (C=O) groups is 2. The van der Waals surface area contributed by atoms with E-state index in [0.717, 1.165) is 4.88 Å². The first-order valence-corrected chi connectivity index (χ1v) is 6.03. The fraction of sp³-hybridized carbons (Fsp3) is 0.300. The van der Waals surface area contributed by atoms with Crippen molar-refractivity contribution in [2.45, 2.75) is 13.5 Å². The molecule has 0 amide bonds. The number of thiophene rings is 1. The highest BCUT2D eigenvalue weighted by molar-refractivity contribution is 7.14. The standard InChI is InChI=1S/C10H10N4O3S/c1-2-17-10(16)9(15)8-4-3-7(18-8)5-14-6-11-12-13-14/h3-4,6H,2,5H2,1H3. The molecule has 2 aromatic heterocycles. The van der Waals surface area contributed by atoms with Gasteiger partial charge in [0.2, 0.25) is 0 Å². The van der Waals surface area contributed by atoms with Crippen molar-refractivity contribution >= 4 is 23.1 Å². The van der Waals surface area contributed by atoms with Crippen molar-refractivity contribution in [3.8, 4) is 0 Å². The number of ketones is 1. The van der Waals surface area contributed by atoms with Crippen LogP contribution in [0.25, 0.3) is 0 Å². The lowest BCUT2D eigenvalue weighted by atomic mass is 10.3. The fourth-order valence-corrected chi connectivity index (χ4v) is 2.22. The molecule has 0 bridgehead atoms. The van der Waals surface area contributed by atoms with Crippen LogP contribution in [0.2, 0.25) is 0 Å². The van der Waals surface area contributed by atoms with Crippen molar-refractivity contribution in [3.05, 3.63) is 28.2 Å². The highest BCUT2D eigenvalue weighted by atomic mass is 32.1. The Balaban J connectivity index is 2.06. The van der Waals surface area contributed by atoms with Crippen molar-refractivity contribution in [1.82, 2.24) is 20.2 Å². The number of hydrogen-bond donors (Lipinski definition) is 0. The van der Waals surface area contributed by atoms with Crippen LogP contribution in [0, 0.1) is 0 Å². The van der Waals surface area contributed by atoms with E-state index < -0.39 is 11.8 Å². The van der Waals surface area contributed by atoms with Crippen molar-refractivity contribution in [2.24, 2.45) is 0 Å². The van der Waals surface area contributed by atoms with Gasteiger partial charge < -0.3 is 4.74 Å². The van der Waals surface area contributed by atoms with Crippen LogP contribution < -0.4 is 0 Å². The normalized spacial score (nSPS) is 10.3. The Kier molecular flexibility index (Phi) is 3.78. The molecule has 0 saturated carbocycles. The third kappa shape index (κ3) is 2.77. The maximum absolute atomic E-state index is 11.6. The Morgan fingerprint density at radius 3 is 2.94 bits per heavy atom. The summed E-state index contributed by atoms with van der Waals surface area (Å²) in [5, 5.41) is 10.7. The third-order valence-corrected chi connectivity index (χ3v) is 3.12. The Morgan fingerprint density at radius 2 is 2.28 bits per heavy atom. The molecule has 8 heteroatoms. The molecule has 18 heavy (non-hydrogen) atoms. The molecule has 0 unspecified atom stereocenters. The molecule has 0 atom stereocenters. The van der Waals surface area contributed by atoms with Crippen molar-refractivity contribution in [1.29, 1.82) is 0 Å². The van der Waals surface area contributed by atoms with Gasteiger partial charge in [-0.05, 0) is 29.5 Å². The maximum Gasteiger partial charge on any atom is 0.380 e. The van der Waals surface area contributed by atoms with Crippen LogP contribution in [0.15, 0.2) is 18.5 Å². The molecule has 0 spiro atoms. The van der Waals surface area contributed by atoms with Crippen LogP contribution >= 0.6 is 11.3 Å². The smallest absolute Gasteiger partial charge is 0.380 e. The largest absolute Gasteiger partial charge is 0.460 e. The Morgan fingerprint density at radius 1 is 1.44 bits per heavy atom. The molecule has 0 saturated heterocycles. The molecule has 0 aromatic carbocycles. The summed E-state index contributed by atoms with van der Waals surface area (Å²) in [5.41, 5.74) is 0. The average Bonchev–Trinajstić information content (AvgIpc) is 3.00. The molecule has 0 radical (unpaired) electrons. The summed E-state index contributed by atoms with van der Waals surface area (Å²) >= 11 is 1.23. The van der Waals surface area contributed by atoms with Gasteiger partial charge in [0, 0.05) is 4.88 Å². The average molecular weight is 266 g/mol. The van der Waals surface area contributed by atoms with E-state index in [0.29, 0.717) is 11.4 Å². The lowest BCUT2D eigenvalue weighted by molar-refractivity contribution is -0.137. The second-order valence-electron chi connectivity index (χ2n) is 3.32. The first kappa shape index (κ1) is 12.4. The number of nitrogens with zero attached hydrogens (tertiary/aromatic N) is 4. The molecule has 2 rings (SSSR count). The predicted molar refractivity (Wildman–Crippen MR) is 62.2 cm³/mol. The number of aromatic nitrogens is 4. The first-order chi connectivity index (χ1) is 8.70. The minimum atomic E-state index is -0.826. The van der Waals surface area contributed by atoms with E-state index in [1.165, 1.54) is 22.3 Å². The van der Waals surface area contributed by atoms with Crippen molar-refractivity contribution < 1.29 is 14.3 Å². The molecular formula is C10H10N4O3S. The number of carbonyl (C=O) groups excluding carboxylic acids is 2.